The van der Waals surface area contributed by atoms with Crippen molar-refractivity contribution in [3.8, 4) is 0 Å². The molecule has 120 valence electrons. The number of hydrogen-bond acceptors (Lipinski definition) is 4. The van der Waals surface area contributed by atoms with Crippen LogP contribution in [0.2, 0.25) is 0 Å². The fourth-order valence-corrected chi connectivity index (χ4v) is 2.91. The van der Waals surface area contributed by atoms with E-state index in [1.165, 1.54) is 11.9 Å². The summed E-state index contributed by atoms with van der Waals surface area (Å²) < 4.78 is 0. The highest BCUT2D eigenvalue weighted by Gasteiger charge is 2.46. The molecule has 0 aromatic heterocycles. The van der Waals surface area contributed by atoms with Gasteiger partial charge in [0, 0.05) is 13.6 Å². The standard InChI is InChI=1S/C14H26N4O3/c1-3-9-18(10-11(19)16-2)13(20)14(12(15)17-21)7-5-4-6-8-14/h21H,3-10H2,1-2H3,(H2,15,17)(H,16,19). The van der Waals surface area contributed by atoms with Gasteiger partial charge in [-0.25, -0.2) is 0 Å². The molecule has 1 aliphatic carbocycles. The average Bonchev–Trinajstić information content (AvgIpc) is 2.53. The zero-order valence-electron chi connectivity index (χ0n) is 12.9. The van der Waals surface area contributed by atoms with Crippen molar-refractivity contribution in [1.82, 2.24) is 10.2 Å². The molecule has 0 saturated heterocycles. The number of rotatable bonds is 6. The predicted octanol–water partition coefficient (Wildman–Crippen LogP) is 0.668. The van der Waals surface area contributed by atoms with E-state index in [1.807, 2.05) is 6.92 Å². The Kier molecular flexibility index (Phi) is 6.45. The Hall–Kier alpha value is -1.79. The number of likely N-dealkylation sites (N-methyl/N-ethyl adjacent to an activating group) is 1. The molecule has 0 heterocycles. The van der Waals surface area contributed by atoms with Crippen LogP contribution in [0.3, 0.4) is 0 Å². The average molecular weight is 298 g/mol. The van der Waals surface area contributed by atoms with Crippen LogP contribution in [-0.4, -0.2) is 47.9 Å². The normalized spacial score (nSPS) is 18.1. The summed E-state index contributed by atoms with van der Waals surface area (Å²) in [6.07, 6.45) is 4.64. The van der Waals surface area contributed by atoms with Gasteiger partial charge < -0.3 is 21.2 Å². The lowest BCUT2D eigenvalue weighted by molar-refractivity contribution is -0.143. The molecule has 7 nitrogen and oxygen atoms in total. The van der Waals surface area contributed by atoms with Crippen molar-refractivity contribution >= 4 is 17.6 Å². The second-order valence-corrected chi connectivity index (χ2v) is 5.53. The van der Waals surface area contributed by atoms with Gasteiger partial charge in [0.25, 0.3) is 0 Å². The number of hydrogen-bond donors (Lipinski definition) is 3. The second-order valence-electron chi connectivity index (χ2n) is 5.53. The monoisotopic (exact) mass is 298 g/mol. The summed E-state index contributed by atoms with van der Waals surface area (Å²) in [4.78, 5) is 26.1. The fourth-order valence-electron chi connectivity index (χ4n) is 2.91. The highest BCUT2D eigenvalue weighted by atomic mass is 16.4. The van der Waals surface area contributed by atoms with Crippen LogP contribution in [0.4, 0.5) is 0 Å². The summed E-state index contributed by atoms with van der Waals surface area (Å²) in [6.45, 7) is 2.43. The van der Waals surface area contributed by atoms with Crippen molar-refractivity contribution in [2.45, 2.75) is 45.4 Å². The second kappa shape index (κ2) is 7.85. The molecule has 0 spiro atoms. The lowest BCUT2D eigenvalue weighted by Crippen LogP contribution is -2.54. The van der Waals surface area contributed by atoms with E-state index in [1.54, 1.807) is 0 Å². The quantitative estimate of drug-likeness (QED) is 0.290. The highest BCUT2D eigenvalue weighted by Crippen LogP contribution is 2.38. The molecule has 21 heavy (non-hydrogen) atoms. The van der Waals surface area contributed by atoms with Gasteiger partial charge in [0.15, 0.2) is 5.84 Å². The van der Waals surface area contributed by atoms with Gasteiger partial charge >= 0.3 is 0 Å². The van der Waals surface area contributed by atoms with Crippen LogP contribution in [-0.2, 0) is 9.59 Å². The van der Waals surface area contributed by atoms with E-state index in [0.29, 0.717) is 19.4 Å². The van der Waals surface area contributed by atoms with Gasteiger partial charge in [-0.3, -0.25) is 9.59 Å². The van der Waals surface area contributed by atoms with E-state index in [2.05, 4.69) is 10.5 Å². The van der Waals surface area contributed by atoms with E-state index < -0.39 is 5.41 Å². The molecular formula is C14H26N4O3. The molecule has 7 heteroatoms. The molecule has 0 unspecified atom stereocenters. The molecule has 0 aromatic carbocycles. The fraction of sp³-hybridized carbons (Fsp3) is 0.786. The third-order valence-corrected chi connectivity index (χ3v) is 4.11. The Balaban J connectivity index is 3.03. The number of nitrogens with one attached hydrogen (secondary N) is 1. The molecule has 0 atom stereocenters. The Morgan fingerprint density at radius 3 is 2.43 bits per heavy atom. The zero-order valence-corrected chi connectivity index (χ0v) is 12.9. The van der Waals surface area contributed by atoms with Crippen LogP contribution in [0, 0.1) is 5.41 Å². The van der Waals surface area contributed by atoms with Crippen LogP contribution in [0.5, 0.6) is 0 Å². The highest BCUT2D eigenvalue weighted by molar-refractivity contribution is 6.07. The number of carbonyl (C=O) groups is 2. The zero-order chi connectivity index (χ0) is 15.9. The molecular weight excluding hydrogens is 272 g/mol. The number of nitrogens with two attached hydrogens (primary N) is 1. The molecule has 2 amide bonds. The van der Waals surface area contributed by atoms with E-state index in [9.17, 15) is 9.59 Å². The minimum Gasteiger partial charge on any atom is -0.409 e. The molecule has 4 N–H and O–H groups in total. The van der Waals surface area contributed by atoms with Crippen LogP contribution >= 0.6 is 0 Å². The Morgan fingerprint density at radius 2 is 1.95 bits per heavy atom. The van der Waals surface area contributed by atoms with Gasteiger partial charge in [0.2, 0.25) is 11.8 Å². The van der Waals surface area contributed by atoms with Gasteiger partial charge in [-0.15, -0.1) is 0 Å². The molecule has 1 fully saturated rings. The van der Waals surface area contributed by atoms with Crippen LogP contribution in [0.15, 0.2) is 5.16 Å². The molecule has 0 radical (unpaired) electrons. The van der Waals surface area contributed by atoms with Crippen LogP contribution in [0.1, 0.15) is 45.4 Å². The third kappa shape index (κ3) is 3.86. The van der Waals surface area contributed by atoms with E-state index in [4.69, 9.17) is 10.9 Å². The SMILES string of the molecule is CCCN(CC(=O)NC)C(=O)C1(C(N)=NO)CCCCC1. The summed E-state index contributed by atoms with van der Waals surface area (Å²) in [6, 6.07) is 0. The number of oxime groups is 1. The van der Waals surface area contributed by atoms with Gasteiger partial charge in [0.05, 0.1) is 6.54 Å². The minimum atomic E-state index is -0.962. The Labute approximate surface area is 125 Å². The summed E-state index contributed by atoms with van der Waals surface area (Å²) in [5.41, 5.74) is 4.87. The maximum absolute atomic E-state index is 12.9. The number of amidine groups is 1. The summed E-state index contributed by atoms with van der Waals surface area (Å²) >= 11 is 0. The lowest BCUT2D eigenvalue weighted by atomic mass is 9.72. The van der Waals surface area contributed by atoms with Gasteiger partial charge in [0.1, 0.15) is 5.41 Å². The van der Waals surface area contributed by atoms with Crippen molar-refractivity contribution in [2.75, 3.05) is 20.1 Å². The number of amides is 2. The first-order chi connectivity index (χ1) is 10.0. The molecule has 0 bridgehead atoms. The minimum absolute atomic E-state index is 0.00360. The molecule has 1 saturated carbocycles. The first-order valence-electron chi connectivity index (χ1n) is 7.49. The van der Waals surface area contributed by atoms with Crippen molar-refractivity contribution in [1.29, 1.82) is 0 Å². The van der Waals surface area contributed by atoms with Gasteiger partial charge in [-0.1, -0.05) is 31.3 Å². The molecule has 1 rings (SSSR count). The largest absolute Gasteiger partial charge is 0.409 e. The van der Waals surface area contributed by atoms with Gasteiger partial charge in [-0.2, -0.15) is 0 Å². The van der Waals surface area contributed by atoms with E-state index in [0.717, 1.165) is 25.7 Å². The molecule has 0 aromatic rings. The van der Waals surface area contributed by atoms with Gasteiger partial charge in [-0.05, 0) is 19.3 Å². The summed E-state index contributed by atoms with van der Waals surface area (Å²) in [5.74, 6) is -0.463. The van der Waals surface area contributed by atoms with E-state index >= 15 is 0 Å². The number of nitrogens with zero attached hydrogens (tertiary/aromatic N) is 2. The molecule has 0 aliphatic heterocycles. The first-order valence-corrected chi connectivity index (χ1v) is 7.49. The summed E-state index contributed by atoms with van der Waals surface area (Å²) in [7, 11) is 1.54. The summed E-state index contributed by atoms with van der Waals surface area (Å²) in [5, 5.41) is 14.7. The van der Waals surface area contributed by atoms with Crippen LogP contribution in [0.25, 0.3) is 0 Å². The topological polar surface area (TPSA) is 108 Å². The third-order valence-electron chi connectivity index (χ3n) is 4.11. The van der Waals surface area contributed by atoms with Crippen molar-refractivity contribution < 1.29 is 14.8 Å². The molecule has 1 aliphatic rings. The Bertz CT molecular complexity index is 403. The van der Waals surface area contributed by atoms with Crippen molar-refractivity contribution in [3.63, 3.8) is 0 Å². The predicted molar refractivity (Wildman–Crippen MR) is 79.9 cm³/mol. The van der Waals surface area contributed by atoms with Crippen molar-refractivity contribution in [2.24, 2.45) is 16.3 Å². The van der Waals surface area contributed by atoms with Crippen molar-refractivity contribution in [3.05, 3.63) is 0 Å². The van der Waals surface area contributed by atoms with Crippen LogP contribution < -0.4 is 11.1 Å². The smallest absolute Gasteiger partial charge is 0.239 e. The maximum atomic E-state index is 12.9. The first kappa shape index (κ1) is 17.3. The maximum Gasteiger partial charge on any atom is 0.239 e. The number of carbonyl (C=O) groups excluding carboxylic acids is 2. The Morgan fingerprint density at radius 1 is 1.33 bits per heavy atom. The lowest BCUT2D eigenvalue weighted by Gasteiger charge is -2.38. The van der Waals surface area contributed by atoms with E-state index in [-0.39, 0.29) is 24.2 Å².